The summed E-state index contributed by atoms with van der Waals surface area (Å²) in [6.07, 6.45) is 0. The molecule has 1 N–H and O–H groups in total. The zero-order valence-corrected chi connectivity index (χ0v) is 12.1. The number of aryl methyl sites for hydroxylation is 1. The van der Waals surface area contributed by atoms with E-state index in [2.05, 4.69) is 15.9 Å². The molecular formula is C14H11BrO2S. The fourth-order valence-corrected chi connectivity index (χ4v) is 2.67. The van der Waals surface area contributed by atoms with Gasteiger partial charge in [0.2, 0.25) is 0 Å². The summed E-state index contributed by atoms with van der Waals surface area (Å²) in [5, 5.41) is 8.91. The summed E-state index contributed by atoms with van der Waals surface area (Å²) in [4.78, 5) is 13.0. The first-order chi connectivity index (χ1) is 8.56. The number of benzene rings is 2. The van der Waals surface area contributed by atoms with E-state index in [1.165, 1.54) is 0 Å². The van der Waals surface area contributed by atoms with Crippen LogP contribution in [-0.2, 0) is 0 Å². The van der Waals surface area contributed by atoms with Crippen molar-refractivity contribution in [2.24, 2.45) is 0 Å². The lowest BCUT2D eigenvalue weighted by Crippen LogP contribution is -1.96. The van der Waals surface area contributed by atoms with Gasteiger partial charge in [0.1, 0.15) is 0 Å². The fraction of sp³-hybridized carbons (Fsp3) is 0.0714. The van der Waals surface area contributed by atoms with Crippen LogP contribution in [0.1, 0.15) is 15.9 Å². The van der Waals surface area contributed by atoms with E-state index in [1.807, 2.05) is 37.3 Å². The van der Waals surface area contributed by atoms with Crippen LogP contribution in [0.25, 0.3) is 0 Å². The Bertz CT molecular complexity index is 579. The SMILES string of the molecule is Cc1cc(C(=O)O)ccc1Sc1ccc(Br)cc1. The average Bonchev–Trinajstić information content (AvgIpc) is 2.34. The molecule has 2 aromatic rings. The summed E-state index contributed by atoms with van der Waals surface area (Å²) in [6.45, 7) is 1.92. The first-order valence-electron chi connectivity index (χ1n) is 5.33. The Hall–Kier alpha value is -1.26. The van der Waals surface area contributed by atoms with Gasteiger partial charge in [-0.25, -0.2) is 4.79 Å². The molecule has 0 aliphatic heterocycles. The number of hydrogen-bond acceptors (Lipinski definition) is 2. The molecular weight excluding hydrogens is 312 g/mol. The molecule has 2 nitrogen and oxygen atoms in total. The zero-order chi connectivity index (χ0) is 13.1. The van der Waals surface area contributed by atoms with Crippen molar-refractivity contribution in [3.8, 4) is 0 Å². The van der Waals surface area contributed by atoms with Crippen molar-refractivity contribution in [1.29, 1.82) is 0 Å². The smallest absolute Gasteiger partial charge is 0.335 e. The second-order valence-electron chi connectivity index (χ2n) is 3.84. The highest BCUT2D eigenvalue weighted by atomic mass is 79.9. The average molecular weight is 323 g/mol. The normalized spacial score (nSPS) is 10.3. The number of hydrogen-bond donors (Lipinski definition) is 1. The third kappa shape index (κ3) is 3.15. The molecule has 2 rings (SSSR count). The fourth-order valence-electron chi connectivity index (χ4n) is 1.53. The highest BCUT2D eigenvalue weighted by Crippen LogP contribution is 2.31. The zero-order valence-electron chi connectivity index (χ0n) is 9.68. The Morgan fingerprint density at radius 2 is 1.83 bits per heavy atom. The van der Waals surface area contributed by atoms with Crippen LogP contribution in [0.15, 0.2) is 56.7 Å². The molecule has 0 atom stereocenters. The maximum Gasteiger partial charge on any atom is 0.335 e. The Labute approximate surface area is 118 Å². The van der Waals surface area contributed by atoms with Gasteiger partial charge in [0.15, 0.2) is 0 Å². The first kappa shape index (κ1) is 13.2. The van der Waals surface area contributed by atoms with E-state index in [0.717, 1.165) is 19.8 Å². The third-order valence-electron chi connectivity index (χ3n) is 2.46. The van der Waals surface area contributed by atoms with Crippen molar-refractivity contribution in [3.63, 3.8) is 0 Å². The minimum atomic E-state index is -0.890. The minimum absolute atomic E-state index is 0.327. The largest absolute Gasteiger partial charge is 0.478 e. The second-order valence-corrected chi connectivity index (χ2v) is 5.87. The maximum atomic E-state index is 10.8. The molecule has 2 aromatic carbocycles. The van der Waals surface area contributed by atoms with E-state index in [1.54, 1.807) is 23.9 Å². The number of halogens is 1. The summed E-state index contributed by atoms with van der Waals surface area (Å²) < 4.78 is 1.05. The van der Waals surface area contributed by atoms with Gasteiger partial charge < -0.3 is 5.11 Å². The van der Waals surface area contributed by atoms with Crippen LogP contribution in [0.2, 0.25) is 0 Å². The molecule has 0 aromatic heterocycles. The summed E-state index contributed by atoms with van der Waals surface area (Å²) >= 11 is 5.03. The highest BCUT2D eigenvalue weighted by Gasteiger charge is 2.06. The van der Waals surface area contributed by atoms with Crippen molar-refractivity contribution < 1.29 is 9.90 Å². The first-order valence-corrected chi connectivity index (χ1v) is 6.94. The predicted octanol–water partition coefficient (Wildman–Crippen LogP) is 4.61. The monoisotopic (exact) mass is 322 g/mol. The number of rotatable bonds is 3. The summed E-state index contributed by atoms with van der Waals surface area (Å²) in [7, 11) is 0. The number of carboxylic acid groups (broad SMARTS) is 1. The van der Waals surface area contributed by atoms with Crippen LogP contribution >= 0.6 is 27.7 Å². The molecule has 92 valence electrons. The topological polar surface area (TPSA) is 37.3 Å². The van der Waals surface area contributed by atoms with Gasteiger partial charge in [-0.1, -0.05) is 27.7 Å². The van der Waals surface area contributed by atoms with Crippen LogP contribution in [0, 0.1) is 6.92 Å². The molecule has 0 saturated carbocycles. The van der Waals surface area contributed by atoms with E-state index in [-0.39, 0.29) is 0 Å². The molecule has 0 bridgehead atoms. The van der Waals surface area contributed by atoms with Gasteiger partial charge in [0.25, 0.3) is 0 Å². The maximum absolute atomic E-state index is 10.8. The van der Waals surface area contributed by atoms with Crippen molar-refractivity contribution in [2.45, 2.75) is 16.7 Å². The minimum Gasteiger partial charge on any atom is -0.478 e. The van der Waals surface area contributed by atoms with Gasteiger partial charge in [-0.2, -0.15) is 0 Å². The van der Waals surface area contributed by atoms with Gasteiger partial charge in [-0.15, -0.1) is 0 Å². The molecule has 0 radical (unpaired) electrons. The molecule has 18 heavy (non-hydrogen) atoms. The van der Waals surface area contributed by atoms with E-state index in [0.29, 0.717) is 5.56 Å². The van der Waals surface area contributed by atoms with Gasteiger partial charge in [0.05, 0.1) is 5.56 Å². The third-order valence-corrected chi connectivity index (χ3v) is 4.18. The molecule has 0 aliphatic carbocycles. The lowest BCUT2D eigenvalue weighted by atomic mass is 10.1. The van der Waals surface area contributed by atoms with Gasteiger partial charge in [-0.05, 0) is 55.0 Å². The molecule has 0 heterocycles. The van der Waals surface area contributed by atoms with E-state index in [9.17, 15) is 4.79 Å². The number of carbonyl (C=O) groups is 1. The van der Waals surface area contributed by atoms with Gasteiger partial charge in [0, 0.05) is 14.3 Å². The van der Waals surface area contributed by atoms with Crippen LogP contribution in [0.4, 0.5) is 0 Å². The molecule has 4 heteroatoms. The molecule has 0 saturated heterocycles. The van der Waals surface area contributed by atoms with Crippen molar-refractivity contribution in [2.75, 3.05) is 0 Å². The van der Waals surface area contributed by atoms with Crippen LogP contribution in [0.5, 0.6) is 0 Å². The lowest BCUT2D eigenvalue weighted by Gasteiger charge is -2.06. The highest BCUT2D eigenvalue weighted by molar-refractivity contribution is 9.10. The summed E-state index contributed by atoms with van der Waals surface area (Å²) in [6, 6.07) is 13.2. The number of carboxylic acids is 1. The molecule has 0 unspecified atom stereocenters. The quantitative estimate of drug-likeness (QED) is 0.896. The van der Waals surface area contributed by atoms with E-state index >= 15 is 0 Å². The predicted molar refractivity (Wildman–Crippen MR) is 76.4 cm³/mol. The molecule has 0 fully saturated rings. The van der Waals surface area contributed by atoms with Crippen LogP contribution < -0.4 is 0 Å². The van der Waals surface area contributed by atoms with Crippen LogP contribution in [-0.4, -0.2) is 11.1 Å². The Kier molecular flexibility index (Phi) is 4.09. The summed E-state index contributed by atoms with van der Waals surface area (Å²) in [5.41, 5.74) is 1.30. The van der Waals surface area contributed by atoms with Gasteiger partial charge >= 0.3 is 5.97 Å². The van der Waals surface area contributed by atoms with Crippen LogP contribution in [0.3, 0.4) is 0 Å². The lowest BCUT2D eigenvalue weighted by molar-refractivity contribution is 0.0696. The molecule has 0 amide bonds. The van der Waals surface area contributed by atoms with Crippen molar-refractivity contribution in [1.82, 2.24) is 0 Å². The second kappa shape index (κ2) is 5.59. The van der Waals surface area contributed by atoms with Gasteiger partial charge in [-0.3, -0.25) is 0 Å². The number of aromatic carboxylic acids is 1. The standard InChI is InChI=1S/C14H11BrO2S/c1-9-8-10(14(16)17)2-7-13(9)18-12-5-3-11(15)4-6-12/h2-8H,1H3,(H,16,17). The Morgan fingerprint density at radius 1 is 1.17 bits per heavy atom. The van der Waals surface area contributed by atoms with Crippen molar-refractivity contribution in [3.05, 3.63) is 58.1 Å². The summed E-state index contributed by atoms with van der Waals surface area (Å²) in [5.74, 6) is -0.890. The Balaban J connectivity index is 2.24. The van der Waals surface area contributed by atoms with Crippen molar-refractivity contribution >= 4 is 33.7 Å². The van der Waals surface area contributed by atoms with E-state index in [4.69, 9.17) is 5.11 Å². The molecule has 0 aliphatic rings. The Morgan fingerprint density at radius 3 is 2.39 bits per heavy atom. The van der Waals surface area contributed by atoms with E-state index < -0.39 is 5.97 Å². The molecule has 0 spiro atoms.